The summed E-state index contributed by atoms with van der Waals surface area (Å²) in [6, 6.07) is 1.59. The topological polar surface area (TPSA) is 130 Å². The van der Waals surface area contributed by atoms with Crippen LogP contribution in [0.1, 0.15) is 13.2 Å². The molecule has 2 aromatic rings. The van der Waals surface area contributed by atoms with Crippen molar-refractivity contribution in [3.05, 3.63) is 17.0 Å². The van der Waals surface area contributed by atoms with Gasteiger partial charge >= 0.3 is 0 Å². The molecule has 1 fully saturated rings. The van der Waals surface area contributed by atoms with Gasteiger partial charge in [-0.05, 0) is 15.9 Å². The van der Waals surface area contributed by atoms with Crippen LogP contribution in [-0.4, -0.2) is 60.7 Å². The number of rotatable bonds is 3. The Labute approximate surface area is 139 Å². The third-order valence-corrected chi connectivity index (χ3v) is 4.17. The number of fused-ring (bicyclic) bond motifs is 1. The number of hydrogen-bond donors (Lipinski definition) is 4. The molecule has 9 nitrogen and oxygen atoms in total. The molecule has 1 aliphatic heterocycles. The van der Waals surface area contributed by atoms with Crippen molar-refractivity contribution in [1.29, 1.82) is 0 Å². The Hall–Kier alpha value is -1.59. The number of halogens is 1. The summed E-state index contributed by atoms with van der Waals surface area (Å²) in [4.78, 5) is 19.6. The fraction of sp³-hybridized carbons (Fsp3) is 0.462. The van der Waals surface area contributed by atoms with Gasteiger partial charge in [-0.2, -0.15) is 0 Å². The standard InChI is InChI=1S/C13H15BrN4O5/c1-5(20)16-8-2-6-9(12(14)17-8)15-4-18(6)13-11(22)10(21)7(3-19)23-13/h2,4,7,10-11,13,19,21-22H,3H2,1H3,(H,16,17,20)/t7-,10+,11+,13-/m0/s1. The van der Waals surface area contributed by atoms with Crippen molar-refractivity contribution in [2.24, 2.45) is 0 Å². The number of carbonyl (C=O) groups excluding carboxylic acids is 1. The lowest BCUT2D eigenvalue weighted by molar-refractivity contribution is -0.114. The van der Waals surface area contributed by atoms with Gasteiger partial charge < -0.3 is 29.9 Å². The van der Waals surface area contributed by atoms with Crippen LogP contribution in [0.3, 0.4) is 0 Å². The van der Waals surface area contributed by atoms with E-state index in [4.69, 9.17) is 4.74 Å². The van der Waals surface area contributed by atoms with E-state index in [1.165, 1.54) is 17.8 Å². The fourth-order valence-electron chi connectivity index (χ4n) is 2.55. The van der Waals surface area contributed by atoms with E-state index in [0.717, 1.165) is 0 Å². The Bertz CT molecular complexity index is 751. The van der Waals surface area contributed by atoms with E-state index in [-0.39, 0.29) is 5.91 Å². The van der Waals surface area contributed by atoms with E-state index < -0.39 is 31.1 Å². The second-order valence-electron chi connectivity index (χ2n) is 5.23. The minimum absolute atomic E-state index is 0.275. The van der Waals surface area contributed by atoms with Crippen LogP contribution in [0.15, 0.2) is 17.0 Å². The second-order valence-corrected chi connectivity index (χ2v) is 5.98. The van der Waals surface area contributed by atoms with Gasteiger partial charge in [-0.3, -0.25) is 4.79 Å². The number of hydrogen-bond acceptors (Lipinski definition) is 7. The summed E-state index contributed by atoms with van der Waals surface area (Å²) < 4.78 is 7.44. The van der Waals surface area contributed by atoms with Gasteiger partial charge in [-0.25, -0.2) is 9.97 Å². The Morgan fingerprint density at radius 3 is 2.83 bits per heavy atom. The van der Waals surface area contributed by atoms with Crippen LogP contribution in [0.4, 0.5) is 5.82 Å². The van der Waals surface area contributed by atoms with E-state index in [1.807, 2.05) is 0 Å². The van der Waals surface area contributed by atoms with Crippen LogP contribution in [-0.2, 0) is 9.53 Å². The third kappa shape index (κ3) is 2.83. The molecule has 4 N–H and O–H groups in total. The van der Waals surface area contributed by atoms with E-state index in [2.05, 4.69) is 31.2 Å². The first-order valence-electron chi connectivity index (χ1n) is 6.85. The summed E-state index contributed by atoms with van der Waals surface area (Å²) in [7, 11) is 0. The number of aliphatic hydroxyl groups excluding tert-OH is 3. The van der Waals surface area contributed by atoms with Gasteiger partial charge in [0, 0.05) is 13.0 Å². The number of aliphatic hydroxyl groups is 3. The maximum Gasteiger partial charge on any atom is 0.222 e. The molecule has 1 saturated heterocycles. The Balaban J connectivity index is 2.05. The predicted molar refractivity (Wildman–Crippen MR) is 82.5 cm³/mol. The monoisotopic (exact) mass is 386 g/mol. The Morgan fingerprint density at radius 2 is 2.22 bits per heavy atom. The first-order valence-corrected chi connectivity index (χ1v) is 7.64. The van der Waals surface area contributed by atoms with Crippen molar-refractivity contribution in [2.45, 2.75) is 31.5 Å². The molecule has 4 atom stereocenters. The molecule has 0 radical (unpaired) electrons. The average Bonchev–Trinajstić information content (AvgIpc) is 3.01. The number of ether oxygens (including phenoxy) is 1. The lowest BCUT2D eigenvalue weighted by atomic mass is 10.1. The number of imidazole rings is 1. The third-order valence-electron chi connectivity index (χ3n) is 3.61. The van der Waals surface area contributed by atoms with Crippen molar-refractivity contribution < 1.29 is 24.9 Å². The lowest BCUT2D eigenvalue weighted by Crippen LogP contribution is -2.33. The van der Waals surface area contributed by atoms with Crippen LogP contribution < -0.4 is 5.32 Å². The zero-order valence-electron chi connectivity index (χ0n) is 12.0. The molecule has 23 heavy (non-hydrogen) atoms. The van der Waals surface area contributed by atoms with Gasteiger partial charge in [0.15, 0.2) is 6.23 Å². The number of pyridine rings is 1. The highest BCUT2D eigenvalue weighted by molar-refractivity contribution is 9.10. The van der Waals surface area contributed by atoms with Crippen LogP contribution in [0, 0.1) is 0 Å². The van der Waals surface area contributed by atoms with E-state index in [9.17, 15) is 20.1 Å². The number of aromatic nitrogens is 3. The molecule has 0 unspecified atom stereocenters. The van der Waals surface area contributed by atoms with Crippen molar-refractivity contribution in [3.63, 3.8) is 0 Å². The smallest absolute Gasteiger partial charge is 0.222 e. The summed E-state index contributed by atoms with van der Waals surface area (Å²) in [5.74, 6) is 0.0353. The number of nitrogens with zero attached hydrogens (tertiary/aromatic N) is 3. The number of carbonyl (C=O) groups is 1. The van der Waals surface area contributed by atoms with Crippen molar-refractivity contribution in [1.82, 2.24) is 14.5 Å². The van der Waals surface area contributed by atoms with Gasteiger partial charge in [-0.15, -0.1) is 0 Å². The fourth-order valence-corrected chi connectivity index (χ4v) is 3.05. The minimum Gasteiger partial charge on any atom is -0.394 e. The summed E-state index contributed by atoms with van der Waals surface area (Å²) in [6.45, 7) is 0.951. The van der Waals surface area contributed by atoms with E-state index >= 15 is 0 Å². The maximum atomic E-state index is 11.2. The number of nitrogens with one attached hydrogen (secondary N) is 1. The zero-order valence-corrected chi connectivity index (χ0v) is 13.6. The quantitative estimate of drug-likeness (QED) is 0.535. The molecule has 1 amide bonds. The van der Waals surface area contributed by atoms with E-state index in [0.29, 0.717) is 21.5 Å². The normalized spacial score (nSPS) is 27.5. The SMILES string of the molecule is CC(=O)Nc1cc2c(ncn2[C@H]2O[C@@H](CO)[C@@H](O)[C@H]2O)c(Br)n1. The highest BCUT2D eigenvalue weighted by Crippen LogP contribution is 2.33. The minimum atomic E-state index is -1.22. The summed E-state index contributed by atoms with van der Waals surface area (Å²) in [5, 5.41) is 31.8. The Kier molecular flexibility index (Phi) is 4.34. The van der Waals surface area contributed by atoms with Crippen molar-refractivity contribution in [3.8, 4) is 0 Å². The molecular weight excluding hydrogens is 372 g/mol. The highest BCUT2D eigenvalue weighted by Gasteiger charge is 2.43. The van der Waals surface area contributed by atoms with Crippen molar-refractivity contribution >= 4 is 38.7 Å². The zero-order chi connectivity index (χ0) is 16.7. The number of anilines is 1. The molecule has 124 valence electrons. The Morgan fingerprint density at radius 1 is 1.48 bits per heavy atom. The largest absolute Gasteiger partial charge is 0.394 e. The van der Waals surface area contributed by atoms with Crippen LogP contribution >= 0.6 is 15.9 Å². The summed E-state index contributed by atoms with van der Waals surface area (Å²) >= 11 is 3.28. The van der Waals surface area contributed by atoms with Crippen LogP contribution in [0.2, 0.25) is 0 Å². The molecule has 1 aliphatic rings. The molecule has 3 rings (SSSR count). The molecule has 0 saturated carbocycles. The first kappa shape index (κ1) is 16.3. The summed E-state index contributed by atoms with van der Waals surface area (Å²) in [6.07, 6.45) is -2.78. The van der Waals surface area contributed by atoms with Gasteiger partial charge in [0.05, 0.1) is 18.5 Å². The molecule has 0 bridgehead atoms. The molecule has 0 spiro atoms. The first-order chi connectivity index (χ1) is 10.9. The van der Waals surface area contributed by atoms with E-state index in [1.54, 1.807) is 6.07 Å². The molecule has 2 aromatic heterocycles. The van der Waals surface area contributed by atoms with Gasteiger partial charge in [0.25, 0.3) is 0 Å². The van der Waals surface area contributed by atoms with Gasteiger partial charge in [0.1, 0.15) is 34.2 Å². The number of amides is 1. The highest BCUT2D eigenvalue weighted by atomic mass is 79.9. The molecule has 3 heterocycles. The molecule has 10 heteroatoms. The lowest BCUT2D eigenvalue weighted by Gasteiger charge is -2.17. The second kappa shape index (κ2) is 6.13. The van der Waals surface area contributed by atoms with Crippen LogP contribution in [0.5, 0.6) is 0 Å². The summed E-state index contributed by atoms with van der Waals surface area (Å²) in [5.41, 5.74) is 1.06. The van der Waals surface area contributed by atoms with Crippen LogP contribution in [0.25, 0.3) is 11.0 Å². The maximum absolute atomic E-state index is 11.2. The molecular formula is C13H15BrN4O5. The predicted octanol–water partition coefficient (Wildman–Crippen LogP) is -0.236. The molecule has 0 aliphatic carbocycles. The van der Waals surface area contributed by atoms with Gasteiger partial charge in [0.2, 0.25) is 5.91 Å². The average molecular weight is 387 g/mol. The molecule has 0 aromatic carbocycles. The van der Waals surface area contributed by atoms with Crippen molar-refractivity contribution in [2.75, 3.05) is 11.9 Å². The van der Waals surface area contributed by atoms with Gasteiger partial charge in [-0.1, -0.05) is 0 Å².